The van der Waals surface area contributed by atoms with Gasteiger partial charge in [0.05, 0.1) is 18.0 Å². The van der Waals surface area contributed by atoms with Crippen LogP contribution in [0.1, 0.15) is 11.1 Å². The maximum atomic E-state index is 11.6. The summed E-state index contributed by atoms with van der Waals surface area (Å²) in [6, 6.07) is 13.8. The number of carbonyl (C=O) groups is 2. The minimum absolute atomic E-state index is 0.0666. The van der Waals surface area contributed by atoms with E-state index in [0.29, 0.717) is 64.5 Å². The van der Waals surface area contributed by atoms with E-state index in [-0.39, 0.29) is 31.1 Å². The third-order valence-electron chi connectivity index (χ3n) is 6.56. The average molecular weight is 530 g/mol. The van der Waals surface area contributed by atoms with Crippen molar-refractivity contribution in [3.63, 3.8) is 0 Å². The lowest BCUT2D eigenvalue weighted by Crippen LogP contribution is -2.47. The van der Waals surface area contributed by atoms with Gasteiger partial charge in [-0.1, -0.05) is 30.3 Å². The van der Waals surface area contributed by atoms with Crippen LogP contribution in [0.4, 0.5) is 5.69 Å². The van der Waals surface area contributed by atoms with Gasteiger partial charge in [0.25, 0.3) is 5.69 Å². The van der Waals surface area contributed by atoms with Gasteiger partial charge in [-0.05, 0) is 11.6 Å². The molecule has 2 aromatic rings. The van der Waals surface area contributed by atoms with Crippen LogP contribution in [0.15, 0.2) is 48.5 Å². The van der Waals surface area contributed by atoms with Crippen LogP contribution in [0.25, 0.3) is 0 Å². The zero-order chi connectivity index (χ0) is 27.5. The highest BCUT2D eigenvalue weighted by Crippen LogP contribution is 2.24. The Labute approximate surface area is 221 Å². The Bertz CT molecular complexity index is 1050. The highest BCUT2D eigenvalue weighted by atomic mass is 16.6. The first-order valence-electron chi connectivity index (χ1n) is 12.5. The number of carboxylic acids is 2. The van der Waals surface area contributed by atoms with Gasteiger partial charge in [0.1, 0.15) is 5.75 Å². The summed E-state index contributed by atoms with van der Waals surface area (Å²) in [5.74, 6) is -1.92. The lowest BCUT2D eigenvalue weighted by molar-refractivity contribution is -0.385. The molecule has 1 saturated heterocycles. The standard InChI is InChI=1S/C26H35N5O7/c32-24-7-6-23(31(37)38)16-22(24)18-28-10-14-29(19-25(33)34)12-8-27(17-21-4-2-1-3-5-21)9-13-30(15-11-28)20-26(35)36/h1-7,16,32H,8-15,17-20H2,(H,33,34)(H,35,36). The van der Waals surface area contributed by atoms with Crippen molar-refractivity contribution < 1.29 is 29.8 Å². The van der Waals surface area contributed by atoms with Gasteiger partial charge in [-0.15, -0.1) is 0 Å². The number of nitrogens with zero attached hydrogens (tertiary/aromatic N) is 5. The van der Waals surface area contributed by atoms with Gasteiger partial charge in [0.15, 0.2) is 0 Å². The minimum atomic E-state index is -0.929. The van der Waals surface area contributed by atoms with Crippen LogP contribution in [0.5, 0.6) is 5.75 Å². The first kappa shape index (κ1) is 29.0. The number of phenolic OH excluding ortho intramolecular Hbond substituents is 1. The molecule has 0 amide bonds. The van der Waals surface area contributed by atoms with E-state index in [0.717, 1.165) is 5.56 Å². The largest absolute Gasteiger partial charge is 0.508 e. The summed E-state index contributed by atoms with van der Waals surface area (Å²) in [5, 5.41) is 40.5. The molecule has 206 valence electrons. The highest BCUT2D eigenvalue weighted by molar-refractivity contribution is 5.69. The third kappa shape index (κ3) is 9.71. The first-order chi connectivity index (χ1) is 18.2. The SMILES string of the molecule is O=C(O)CN1CCN(Cc2ccccc2)CCN(CC(=O)O)CCN(Cc2cc([N+](=O)[O-])ccc2O)CC1. The molecule has 12 heteroatoms. The molecule has 0 radical (unpaired) electrons. The van der Waals surface area contributed by atoms with Crippen LogP contribution in [0, 0.1) is 10.1 Å². The molecule has 1 heterocycles. The van der Waals surface area contributed by atoms with Gasteiger partial charge in [-0.2, -0.15) is 0 Å². The summed E-state index contributed by atoms with van der Waals surface area (Å²) in [4.78, 5) is 41.7. The Balaban J connectivity index is 1.79. The van der Waals surface area contributed by atoms with Crippen molar-refractivity contribution in [2.75, 3.05) is 65.4 Å². The number of aromatic hydroxyl groups is 1. The Morgan fingerprint density at radius 2 is 1.21 bits per heavy atom. The van der Waals surface area contributed by atoms with E-state index in [9.17, 15) is 35.0 Å². The Morgan fingerprint density at radius 3 is 1.68 bits per heavy atom. The number of hydrogen-bond acceptors (Lipinski definition) is 9. The summed E-state index contributed by atoms with van der Waals surface area (Å²) in [6.45, 7) is 4.59. The van der Waals surface area contributed by atoms with E-state index in [1.54, 1.807) is 0 Å². The van der Waals surface area contributed by atoms with Crippen LogP contribution in [-0.4, -0.2) is 117 Å². The Morgan fingerprint density at radius 1 is 0.737 bits per heavy atom. The fraction of sp³-hybridized carbons (Fsp3) is 0.462. The van der Waals surface area contributed by atoms with Crippen LogP contribution >= 0.6 is 0 Å². The highest BCUT2D eigenvalue weighted by Gasteiger charge is 2.20. The van der Waals surface area contributed by atoms with Gasteiger partial charge in [-0.3, -0.25) is 39.3 Å². The second-order valence-corrected chi connectivity index (χ2v) is 9.45. The molecule has 12 nitrogen and oxygen atoms in total. The number of carboxylic acid groups (broad SMARTS) is 2. The maximum Gasteiger partial charge on any atom is 0.317 e. The molecule has 0 atom stereocenters. The van der Waals surface area contributed by atoms with Gasteiger partial charge >= 0.3 is 11.9 Å². The normalized spacial score (nSPS) is 17.4. The number of nitro benzene ring substituents is 1. The predicted octanol–water partition coefficient (Wildman–Crippen LogP) is 1.39. The topological polar surface area (TPSA) is 151 Å². The Hall–Kier alpha value is -3.58. The summed E-state index contributed by atoms with van der Waals surface area (Å²) in [6.07, 6.45) is 0. The van der Waals surface area contributed by atoms with Gasteiger partial charge in [0.2, 0.25) is 0 Å². The van der Waals surface area contributed by atoms with Crippen LogP contribution < -0.4 is 0 Å². The molecule has 0 spiro atoms. The molecule has 0 aliphatic carbocycles. The third-order valence-corrected chi connectivity index (χ3v) is 6.56. The van der Waals surface area contributed by atoms with E-state index >= 15 is 0 Å². The quantitative estimate of drug-likeness (QED) is 0.319. The number of aliphatic carboxylic acids is 2. The van der Waals surface area contributed by atoms with Crippen molar-refractivity contribution in [1.29, 1.82) is 0 Å². The van der Waals surface area contributed by atoms with E-state index in [1.165, 1.54) is 18.2 Å². The number of non-ortho nitro benzene ring substituents is 1. The molecule has 1 fully saturated rings. The number of benzene rings is 2. The molecule has 0 bridgehead atoms. The molecule has 2 aromatic carbocycles. The smallest absolute Gasteiger partial charge is 0.317 e. The molecular weight excluding hydrogens is 494 g/mol. The van der Waals surface area contributed by atoms with Crippen molar-refractivity contribution in [3.05, 3.63) is 69.8 Å². The van der Waals surface area contributed by atoms with Gasteiger partial charge in [0, 0.05) is 83.1 Å². The van der Waals surface area contributed by atoms with Crippen molar-refractivity contribution in [2.45, 2.75) is 13.1 Å². The lowest BCUT2D eigenvalue weighted by atomic mass is 10.1. The van der Waals surface area contributed by atoms with Gasteiger partial charge in [-0.25, -0.2) is 0 Å². The van der Waals surface area contributed by atoms with E-state index in [1.807, 2.05) is 45.0 Å². The lowest BCUT2D eigenvalue weighted by Gasteiger charge is -2.33. The molecule has 3 N–H and O–H groups in total. The number of nitro groups is 1. The van der Waals surface area contributed by atoms with E-state index in [4.69, 9.17) is 0 Å². The zero-order valence-corrected chi connectivity index (χ0v) is 21.3. The number of phenols is 1. The van der Waals surface area contributed by atoms with Gasteiger partial charge < -0.3 is 15.3 Å². The minimum Gasteiger partial charge on any atom is -0.508 e. The summed E-state index contributed by atoms with van der Waals surface area (Å²) < 4.78 is 0. The van der Waals surface area contributed by atoms with Crippen molar-refractivity contribution in [2.24, 2.45) is 0 Å². The van der Waals surface area contributed by atoms with Crippen molar-refractivity contribution >= 4 is 17.6 Å². The zero-order valence-electron chi connectivity index (χ0n) is 21.3. The molecule has 1 aliphatic rings. The van der Waals surface area contributed by atoms with Crippen molar-refractivity contribution in [3.8, 4) is 5.75 Å². The molecule has 38 heavy (non-hydrogen) atoms. The van der Waals surface area contributed by atoms with Crippen LogP contribution in [-0.2, 0) is 22.7 Å². The molecule has 1 aliphatic heterocycles. The molecule has 0 unspecified atom stereocenters. The average Bonchev–Trinajstić information content (AvgIpc) is 2.86. The summed E-state index contributed by atoms with van der Waals surface area (Å²) >= 11 is 0. The monoisotopic (exact) mass is 529 g/mol. The number of hydrogen-bond donors (Lipinski definition) is 3. The number of rotatable bonds is 9. The molecule has 0 aromatic heterocycles. The molecule has 3 rings (SSSR count). The fourth-order valence-corrected chi connectivity index (χ4v) is 4.49. The van der Waals surface area contributed by atoms with E-state index in [2.05, 4.69) is 4.90 Å². The fourth-order valence-electron chi connectivity index (χ4n) is 4.49. The maximum absolute atomic E-state index is 11.6. The first-order valence-corrected chi connectivity index (χ1v) is 12.5. The van der Waals surface area contributed by atoms with Crippen molar-refractivity contribution in [1.82, 2.24) is 19.6 Å². The predicted molar refractivity (Wildman–Crippen MR) is 140 cm³/mol. The second kappa shape index (κ2) is 14.4. The second-order valence-electron chi connectivity index (χ2n) is 9.45. The summed E-state index contributed by atoms with van der Waals surface area (Å²) in [7, 11) is 0. The van der Waals surface area contributed by atoms with Crippen LogP contribution in [0.2, 0.25) is 0 Å². The van der Waals surface area contributed by atoms with E-state index < -0.39 is 16.9 Å². The molecular formula is C26H35N5O7. The van der Waals surface area contributed by atoms with Crippen LogP contribution in [0.3, 0.4) is 0 Å². The molecule has 0 saturated carbocycles. The Kier molecular flexibility index (Phi) is 11.0. The summed E-state index contributed by atoms with van der Waals surface area (Å²) in [5.41, 5.74) is 1.37.